The van der Waals surface area contributed by atoms with Crippen LogP contribution in [0.2, 0.25) is 10.0 Å². The van der Waals surface area contributed by atoms with Crippen LogP contribution in [0, 0.1) is 0 Å². The van der Waals surface area contributed by atoms with Gasteiger partial charge in [0.05, 0.1) is 16.4 Å². The highest BCUT2D eigenvalue weighted by Gasteiger charge is 2.32. The van der Waals surface area contributed by atoms with Crippen LogP contribution in [0.5, 0.6) is 0 Å². The second kappa shape index (κ2) is 7.30. The molecule has 6 nitrogen and oxygen atoms in total. The van der Waals surface area contributed by atoms with Crippen LogP contribution in [-0.4, -0.2) is 34.7 Å². The topological polar surface area (TPSA) is 67.2 Å². The van der Waals surface area contributed by atoms with Crippen LogP contribution < -0.4 is 10.2 Å². The average molecular weight is 415 g/mol. The number of halogens is 2. The summed E-state index contributed by atoms with van der Waals surface area (Å²) < 4.78 is 1.61. The van der Waals surface area contributed by atoms with E-state index in [1.54, 1.807) is 27.8 Å². The largest absolute Gasteiger partial charge is 0.349 e. The van der Waals surface area contributed by atoms with Gasteiger partial charge in [-0.05, 0) is 24.3 Å². The lowest BCUT2D eigenvalue weighted by molar-refractivity contribution is -0.116. The van der Waals surface area contributed by atoms with Gasteiger partial charge in [-0.3, -0.25) is 9.59 Å². The standard InChI is InChI=1S/C20H16Cl2N4O2/c1-12(27)25-11-10-23-20(28)17-19(25)18(13-6-8-14(21)9-7-13)26(24-17)16-5-3-2-4-15(16)22/h2-9H,10-11H2,1H3,(H,23,28). The van der Waals surface area contributed by atoms with Crippen molar-refractivity contribution in [2.75, 3.05) is 18.0 Å². The van der Waals surface area contributed by atoms with Crippen LogP contribution in [0.4, 0.5) is 5.69 Å². The predicted molar refractivity (Wildman–Crippen MR) is 109 cm³/mol. The molecule has 2 aromatic carbocycles. The van der Waals surface area contributed by atoms with Crippen LogP contribution in [-0.2, 0) is 4.79 Å². The quantitative estimate of drug-likeness (QED) is 0.690. The van der Waals surface area contributed by atoms with Crippen molar-refractivity contribution in [3.8, 4) is 16.9 Å². The molecule has 1 aliphatic rings. The Labute approximate surface area is 171 Å². The van der Waals surface area contributed by atoms with Gasteiger partial charge in [-0.1, -0.05) is 47.5 Å². The average Bonchev–Trinajstić information content (AvgIpc) is 2.98. The zero-order chi connectivity index (χ0) is 19.8. The normalized spacial score (nSPS) is 13.7. The molecule has 0 unspecified atom stereocenters. The lowest BCUT2D eigenvalue weighted by Gasteiger charge is -2.20. The Morgan fingerprint density at radius 1 is 1.11 bits per heavy atom. The Kier molecular flexibility index (Phi) is 4.83. The molecular formula is C20H16Cl2N4O2. The first-order valence-electron chi connectivity index (χ1n) is 8.67. The maximum atomic E-state index is 12.7. The fourth-order valence-electron chi connectivity index (χ4n) is 3.27. The number of hydrogen-bond acceptors (Lipinski definition) is 3. The minimum absolute atomic E-state index is 0.174. The summed E-state index contributed by atoms with van der Waals surface area (Å²) >= 11 is 12.5. The van der Waals surface area contributed by atoms with Crippen molar-refractivity contribution in [1.82, 2.24) is 15.1 Å². The first-order chi connectivity index (χ1) is 13.5. The Morgan fingerprint density at radius 3 is 2.50 bits per heavy atom. The van der Waals surface area contributed by atoms with Crippen molar-refractivity contribution in [3.63, 3.8) is 0 Å². The minimum atomic E-state index is -0.334. The lowest BCUT2D eigenvalue weighted by atomic mass is 10.1. The zero-order valence-corrected chi connectivity index (χ0v) is 16.5. The van der Waals surface area contributed by atoms with Gasteiger partial charge in [-0.25, -0.2) is 4.68 Å². The first kappa shape index (κ1) is 18.5. The van der Waals surface area contributed by atoms with Gasteiger partial charge >= 0.3 is 0 Å². The summed E-state index contributed by atoms with van der Waals surface area (Å²) in [5.41, 5.74) is 2.62. The van der Waals surface area contributed by atoms with Crippen molar-refractivity contribution in [2.45, 2.75) is 6.92 Å². The van der Waals surface area contributed by atoms with Crippen molar-refractivity contribution in [2.24, 2.45) is 0 Å². The molecule has 2 heterocycles. The van der Waals surface area contributed by atoms with E-state index in [1.807, 2.05) is 30.3 Å². The molecule has 1 N–H and O–H groups in total. The van der Waals surface area contributed by atoms with E-state index in [4.69, 9.17) is 23.2 Å². The SMILES string of the molecule is CC(=O)N1CCNC(=O)c2nn(-c3ccccc3Cl)c(-c3ccc(Cl)cc3)c21. The van der Waals surface area contributed by atoms with Gasteiger partial charge in [0, 0.05) is 30.6 Å². The number of nitrogens with zero attached hydrogens (tertiary/aromatic N) is 3. The Hall–Kier alpha value is -2.83. The predicted octanol–water partition coefficient (Wildman–Crippen LogP) is 3.94. The molecule has 28 heavy (non-hydrogen) atoms. The molecule has 0 saturated heterocycles. The molecule has 0 fully saturated rings. The molecule has 0 radical (unpaired) electrons. The highest BCUT2D eigenvalue weighted by atomic mass is 35.5. The summed E-state index contributed by atoms with van der Waals surface area (Å²) in [6, 6.07) is 14.4. The summed E-state index contributed by atoms with van der Waals surface area (Å²) in [6.07, 6.45) is 0. The molecule has 8 heteroatoms. The van der Waals surface area contributed by atoms with E-state index in [2.05, 4.69) is 10.4 Å². The molecule has 4 rings (SSSR count). The van der Waals surface area contributed by atoms with Gasteiger partial charge in [-0.2, -0.15) is 5.10 Å². The van der Waals surface area contributed by atoms with Crippen LogP contribution in [0.3, 0.4) is 0 Å². The Morgan fingerprint density at radius 2 is 1.82 bits per heavy atom. The second-order valence-corrected chi connectivity index (χ2v) is 7.19. The van der Waals surface area contributed by atoms with Crippen molar-refractivity contribution in [1.29, 1.82) is 0 Å². The van der Waals surface area contributed by atoms with Crippen LogP contribution in [0.15, 0.2) is 48.5 Å². The van der Waals surface area contributed by atoms with E-state index in [-0.39, 0.29) is 17.5 Å². The Bertz CT molecular complexity index is 1080. The number of amides is 2. The molecule has 3 aromatic rings. The van der Waals surface area contributed by atoms with Crippen molar-refractivity contribution < 1.29 is 9.59 Å². The summed E-state index contributed by atoms with van der Waals surface area (Å²) in [4.78, 5) is 26.6. The van der Waals surface area contributed by atoms with Gasteiger partial charge in [0.25, 0.3) is 5.91 Å². The van der Waals surface area contributed by atoms with E-state index in [0.29, 0.717) is 40.2 Å². The third kappa shape index (κ3) is 3.15. The molecule has 0 spiro atoms. The molecule has 1 aromatic heterocycles. The van der Waals surface area contributed by atoms with Crippen LogP contribution >= 0.6 is 23.2 Å². The number of para-hydroxylation sites is 1. The van der Waals surface area contributed by atoms with E-state index in [1.165, 1.54) is 6.92 Å². The molecule has 1 aliphatic heterocycles. The number of nitrogens with one attached hydrogen (secondary N) is 1. The zero-order valence-electron chi connectivity index (χ0n) is 14.9. The molecule has 0 atom stereocenters. The number of rotatable bonds is 2. The molecule has 0 saturated carbocycles. The number of carbonyl (C=O) groups excluding carboxylic acids is 2. The molecular weight excluding hydrogens is 399 g/mol. The second-order valence-electron chi connectivity index (χ2n) is 6.34. The highest BCUT2D eigenvalue weighted by Crippen LogP contribution is 2.38. The number of aromatic nitrogens is 2. The number of hydrogen-bond donors (Lipinski definition) is 1. The van der Waals surface area contributed by atoms with E-state index < -0.39 is 0 Å². The monoisotopic (exact) mass is 414 g/mol. The van der Waals surface area contributed by atoms with Crippen molar-refractivity contribution in [3.05, 3.63) is 64.3 Å². The highest BCUT2D eigenvalue weighted by molar-refractivity contribution is 6.32. The molecule has 142 valence electrons. The first-order valence-corrected chi connectivity index (χ1v) is 9.43. The lowest BCUT2D eigenvalue weighted by Crippen LogP contribution is -2.33. The van der Waals surface area contributed by atoms with E-state index >= 15 is 0 Å². The molecule has 0 aliphatic carbocycles. The van der Waals surface area contributed by atoms with Crippen molar-refractivity contribution >= 4 is 40.7 Å². The Balaban J connectivity index is 2.08. The number of benzene rings is 2. The summed E-state index contributed by atoms with van der Waals surface area (Å²) in [6.45, 7) is 2.17. The fourth-order valence-corrected chi connectivity index (χ4v) is 3.62. The minimum Gasteiger partial charge on any atom is -0.349 e. The molecule has 2 amide bonds. The summed E-state index contributed by atoms with van der Waals surface area (Å²) in [5, 5.41) is 8.40. The van der Waals surface area contributed by atoms with Crippen LogP contribution in [0.1, 0.15) is 17.4 Å². The third-order valence-corrected chi connectivity index (χ3v) is 5.12. The number of fused-ring (bicyclic) bond motifs is 1. The summed E-state index contributed by atoms with van der Waals surface area (Å²) in [7, 11) is 0. The fraction of sp³-hybridized carbons (Fsp3) is 0.150. The van der Waals surface area contributed by atoms with E-state index in [0.717, 1.165) is 5.56 Å². The maximum Gasteiger partial charge on any atom is 0.274 e. The van der Waals surface area contributed by atoms with Gasteiger partial charge < -0.3 is 10.2 Å². The third-order valence-electron chi connectivity index (χ3n) is 4.54. The maximum absolute atomic E-state index is 12.7. The smallest absolute Gasteiger partial charge is 0.274 e. The van der Waals surface area contributed by atoms with Gasteiger partial charge in [-0.15, -0.1) is 0 Å². The number of carbonyl (C=O) groups is 2. The van der Waals surface area contributed by atoms with Crippen LogP contribution in [0.25, 0.3) is 16.9 Å². The van der Waals surface area contributed by atoms with Gasteiger partial charge in [0.2, 0.25) is 5.91 Å². The summed E-state index contributed by atoms with van der Waals surface area (Å²) in [5.74, 6) is -0.508. The van der Waals surface area contributed by atoms with Gasteiger partial charge in [0.1, 0.15) is 5.69 Å². The molecule has 0 bridgehead atoms. The van der Waals surface area contributed by atoms with Gasteiger partial charge in [0.15, 0.2) is 5.69 Å². The van der Waals surface area contributed by atoms with E-state index in [9.17, 15) is 9.59 Å². The number of anilines is 1.